The second-order valence-corrected chi connectivity index (χ2v) is 5.40. The molecule has 0 aromatic heterocycles. The van der Waals surface area contributed by atoms with Crippen molar-refractivity contribution in [1.29, 1.82) is 0 Å². The van der Waals surface area contributed by atoms with Crippen LogP contribution < -0.4 is 5.73 Å². The summed E-state index contributed by atoms with van der Waals surface area (Å²) >= 11 is 0. The van der Waals surface area contributed by atoms with E-state index >= 15 is 0 Å². The van der Waals surface area contributed by atoms with Gasteiger partial charge >= 0.3 is 7.82 Å². The van der Waals surface area contributed by atoms with Gasteiger partial charge in [-0.25, -0.2) is 4.57 Å². The van der Waals surface area contributed by atoms with Crippen LogP contribution in [0.5, 0.6) is 0 Å². The Kier molecular flexibility index (Phi) is 7.32. The highest BCUT2D eigenvalue weighted by Gasteiger charge is 2.22. The predicted octanol–water partition coefficient (Wildman–Crippen LogP) is 0.391. The molecule has 7 nitrogen and oxygen atoms in total. The average molecular weight is 305 g/mol. The molecule has 1 fully saturated rings. The van der Waals surface area contributed by atoms with Crippen molar-refractivity contribution in [2.75, 3.05) is 13.2 Å². The minimum atomic E-state index is -4.64. The Morgan fingerprint density at radius 3 is 2.45 bits per heavy atom. The summed E-state index contributed by atoms with van der Waals surface area (Å²) in [6.45, 7) is 1.99. The van der Waals surface area contributed by atoms with E-state index in [0.717, 1.165) is 13.0 Å². The van der Waals surface area contributed by atoms with E-state index in [1.165, 1.54) is 5.56 Å². The van der Waals surface area contributed by atoms with Gasteiger partial charge in [-0.2, -0.15) is 0 Å². The first kappa shape index (κ1) is 17.3. The monoisotopic (exact) mass is 305 g/mol. The van der Waals surface area contributed by atoms with Gasteiger partial charge < -0.3 is 29.9 Å². The number of rotatable bonds is 3. The van der Waals surface area contributed by atoms with Crippen molar-refractivity contribution in [2.45, 2.75) is 25.2 Å². The van der Waals surface area contributed by atoms with Crippen LogP contribution in [0, 0.1) is 0 Å². The zero-order chi connectivity index (χ0) is 15.0. The SMILES string of the molecule is N[C@@H]1CCOC[C@H]1OCc1ccccc1.O=P(O)(O)O. The summed E-state index contributed by atoms with van der Waals surface area (Å²) in [6, 6.07) is 10.2. The quantitative estimate of drug-likeness (QED) is 0.596. The Hall–Kier alpha value is -0.790. The van der Waals surface area contributed by atoms with Crippen LogP contribution in [0.15, 0.2) is 30.3 Å². The maximum Gasteiger partial charge on any atom is 0.466 e. The van der Waals surface area contributed by atoms with Crippen LogP contribution in [0.25, 0.3) is 0 Å². The van der Waals surface area contributed by atoms with E-state index in [0.29, 0.717) is 13.2 Å². The highest BCUT2D eigenvalue weighted by molar-refractivity contribution is 7.45. The van der Waals surface area contributed by atoms with Gasteiger partial charge in [0.1, 0.15) is 0 Å². The summed E-state index contributed by atoms with van der Waals surface area (Å²) in [7, 11) is -4.64. The molecule has 0 amide bonds. The van der Waals surface area contributed by atoms with Crippen LogP contribution in [-0.2, 0) is 20.6 Å². The van der Waals surface area contributed by atoms with E-state index in [4.69, 9.17) is 34.5 Å². The van der Waals surface area contributed by atoms with Crippen LogP contribution in [0.2, 0.25) is 0 Å². The van der Waals surface area contributed by atoms with Gasteiger partial charge in [0, 0.05) is 12.6 Å². The summed E-state index contributed by atoms with van der Waals surface area (Å²) in [5.41, 5.74) is 7.11. The number of phosphoric acid groups is 1. The number of nitrogens with two attached hydrogens (primary N) is 1. The van der Waals surface area contributed by atoms with Gasteiger partial charge in [-0.05, 0) is 12.0 Å². The lowest BCUT2D eigenvalue weighted by Crippen LogP contribution is -2.44. The van der Waals surface area contributed by atoms with Gasteiger partial charge in [-0.3, -0.25) is 0 Å². The topological polar surface area (TPSA) is 122 Å². The van der Waals surface area contributed by atoms with Gasteiger partial charge in [0.2, 0.25) is 0 Å². The smallest absolute Gasteiger partial charge is 0.379 e. The van der Waals surface area contributed by atoms with Crippen LogP contribution in [0.4, 0.5) is 0 Å². The Morgan fingerprint density at radius 2 is 1.90 bits per heavy atom. The molecule has 1 aromatic rings. The summed E-state index contributed by atoms with van der Waals surface area (Å²) in [4.78, 5) is 21.6. The van der Waals surface area contributed by atoms with Gasteiger partial charge in [-0.15, -0.1) is 0 Å². The maximum atomic E-state index is 8.88. The fourth-order valence-electron chi connectivity index (χ4n) is 1.68. The first-order valence-electron chi connectivity index (χ1n) is 6.13. The number of benzene rings is 1. The average Bonchev–Trinajstić information content (AvgIpc) is 2.37. The fraction of sp³-hybridized carbons (Fsp3) is 0.500. The van der Waals surface area contributed by atoms with Crippen LogP contribution in [0.3, 0.4) is 0 Å². The molecule has 2 atom stereocenters. The molecule has 2 rings (SSSR count). The zero-order valence-corrected chi connectivity index (χ0v) is 11.9. The molecule has 1 aliphatic heterocycles. The largest absolute Gasteiger partial charge is 0.466 e. The predicted molar refractivity (Wildman–Crippen MR) is 72.7 cm³/mol. The Bertz CT molecular complexity index is 415. The van der Waals surface area contributed by atoms with Crippen molar-refractivity contribution in [1.82, 2.24) is 0 Å². The van der Waals surface area contributed by atoms with Crippen molar-refractivity contribution < 1.29 is 28.7 Å². The van der Waals surface area contributed by atoms with E-state index in [9.17, 15) is 0 Å². The summed E-state index contributed by atoms with van der Waals surface area (Å²) in [5, 5.41) is 0. The molecular formula is C12H20NO6P. The molecule has 8 heteroatoms. The molecule has 1 saturated heterocycles. The number of hydrogen-bond acceptors (Lipinski definition) is 4. The molecule has 0 saturated carbocycles. The molecule has 114 valence electrons. The second kappa shape index (κ2) is 8.49. The van der Waals surface area contributed by atoms with Crippen LogP contribution >= 0.6 is 7.82 Å². The summed E-state index contributed by atoms with van der Waals surface area (Å²) < 4.78 is 19.9. The standard InChI is InChI=1S/C12H17NO2.H3O4P/c13-11-6-7-14-9-12(11)15-8-10-4-2-1-3-5-10;1-5(2,3)4/h1-5,11-12H,6-9,13H2;(H3,1,2,3,4)/t11-,12-;/m1./s1. The van der Waals surface area contributed by atoms with E-state index in [-0.39, 0.29) is 12.1 Å². The molecule has 0 bridgehead atoms. The van der Waals surface area contributed by atoms with E-state index in [2.05, 4.69) is 12.1 Å². The van der Waals surface area contributed by atoms with Crippen LogP contribution in [-0.4, -0.2) is 40.0 Å². The summed E-state index contributed by atoms with van der Waals surface area (Å²) in [5.74, 6) is 0. The highest BCUT2D eigenvalue weighted by Crippen LogP contribution is 2.25. The maximum absolute atomic E-state index is 8.88. The molecule has 1 heterocycles. The Morgan fingerprint density at radius 1 is 1.30 bits per heavy atom. The number of ether oxygens (including phenoxy) is 2. The van der Waals surface area contributed by atoms with Crippen molar-refractivity contribution in [3.8, 4) is 0 Å². The third-order valence-electron chi connectivity index (χ3n) is 2.66. The van der Waals surface area contributed by atoms with Crippen molar-refractivity contribution in [3.63, 3.8) is 0 Å². The molecule has 20 heavy (non-hydrogen) atoms. The van der Waals surface area contributed by atoms with Gasteiger partial charge in [0.05, 0.1) is 19.3 Å². The zero-order valence-electron chi connectivity index (χ0n) is 11.0. The van der Waals surface area contributed by atoms with Crippen molar-refractivity contribution >= 4 is 7.82 Å². The van der Waals surface area contributed by atoms with Crippen molar-refractivity contribution in [2.24, 2.45) is 5.73 Å². The molecule has 0 radical (unpaired) electrons. The van der Waals surface area contributed by atoms with Gasteiger partial charge in [0.15, 0.2) is 0 Å². The lowest BCUT2D eigenvalue weighted by molar-refractivity contribution is -0.0678. The van der Waals surface area contributed by atoms with E-state index in [1.807, 2.05) is 18.2 Å². The molecular weight excluding hydrogens is 285 g/mol. The number of hydrogen-bond donors (Lipinski definition) is 4. The Labute approximate surface area is 117 Å². The van der Waals surface area contributed by atoms with Gasteiger partial charge in [-0.1, -0.05) is 30.3 Å². The first-order chi connectivity index (χ1) is 9.36. The third-order valence-corrected chi connectivity index (χ3v) is 2.66. The molecule has 0 unspecified atom stereocenters. The Balaban J connectivity index is 0.000000347. The third kappa shape index (κ3) is 8.39. The normalized spacial score (nSPS) is 22.8. The lowest BCUT2D eigenvalue weighted by atomic mass is 10.1. The van der Waals surface area contributed by atoms with Gasteiger partial charge in [0.25, 0.3) is 0 Å². The molecule has 5 N–H and O–H groups in total. The molecule has 0 spiro atoms. The molecule has 1 aliphatic rings. The molecule has 1 aromatic carbocycles. The van der Waals surface area contributed by atoms with Crippen LogP contribution in [0.1, 0.15) is 12.0 Å². The second-order valence-electron chi connectivity index (χ2n) is 4.38. The van der Waals surface area contributed by atoms with E-state index < -0.39 is 7.82 Å². The minimum Gasteiger partial charge on any atom is -0.379 e. The first-order valence-corrected chi connectivity index (χ1v) is 7.70. The molecule has 0 aliphatic carbocycles. The minimum absolute atomic E-state index is 0.0407. The summed E-state index contributed by atoms with van der Waals surface area (Å²) in [6.07, 6.45) is 0.929. The van der Waals surface area contributed by atoms with Crippen molar-refractivity contribution in [3.05, 3.63) is 35.9 Å². The fourth-order valence-corrected chi connectivity index (χ4v) is 1.68. The lowest BCUT2D eigenvalue weighted by Gasteiger charge is -2.28. The highest BCUT2D eigenvalue weighted by atomic mass is 31.2. The van der Waals surface area contributed by atoms with E-state index in [1.54, 1.807) is 0 Å².